The van der Waals surface area contributed by atoms with Crippen LogP contribution in [-0.2, 0) is 11.2 Å². The van der Waals surface area contributed by atoms with Gasteiger partial charge in [0.2, 0.25) is 11.0 Å². The second-order valence-corrected chi connectivity index (χ2v) is 7.52. The Bertz CT molecular complexity index is 1110. The highest BCUT2D eigenvalue weighted by Gasteiger charge is 2.12. The average molecular weight is 439 g/mol. The van der Waals surface area contributed by atoms with Crippen molar-refractivity contribution in [2.24, 2.45) is 5.10 Å². The van der Waals surface area contributed by atoms with Crippen molar-refractivity contribution in [1.82, 2.24) is 15.6 Å². The van der Waals surface area contributed by atoms with Gasteiger partial charge in [-0.3, -0.25) is 14.9 Å². The standard InChI is InChI=1S/C21H21N5O4S/c1-3-30-17-8-7-14(10-16(17)27)12-22-24-18(28)11-19-25-26-21(31-19)23-20(29)15-6-4-5-13(2)9-15/h4-10,12,27H,3,11H2,1-2H3,(H,24,28)(H,23,26,29)/b22-12-. The van der Waals surface area contributed by atoms with E-state index in [2.05, 4.69) is 26.0 Å². The monoisotopic (exact) mass is 439 g/mol. The maximum Gasteiger partial charge on any atom is 0.257 e. The number of amides is 2. The number of aryl methyl sites for hydroxylation is 1. The molecular formula is C21H21N5O4S. The number of nitrogens with one attached hydrogen (secondary N) is 2. The van der Waals surface area contributed by atoms with E-state index in [1.807, 2.05) is 19.9 Å². The highest BCUT2D eigenvalue weighted by atomic mass is 32.1. The van der Waals surface area contributed by atoms with Gasteiger partial charge in [0.25, 0.3) is 5.91 Å². The van der Waals surface area contributed by atoms with Gasteiger partial charge in [0.05, 0.1) is 19.2 Å². The summed E-state index contributed by atoms with van der Waals surface area (Å²) in [6, 6.07) is 12.0. The normalized spacial score (nSPS) is 10.8. The molecule has 3 N–H and O–H groups in total. The number of carbonyl (C=O) groups is 2. The number of hydrogen-bond donors (Lipinski definition) is 3. The Labute approximate surface area is 182 Å². The van der Waals surface area contributed by atoms with Crippen molar-refractivity contribution in [1.29, 1.82) is 0 Å². The van der Waals surface area contributed by atoms with E-state index in [1.54, 1.807) is 30.3 Å². The van der Waals surface area contributed by atoms with Gasteiger partial charge in [-0.05, 0) is 49.7 Å². The van der Waals surface area contributed by atoms with Crippen molar-refractivity contribution in [2.45, 2.75) is 20.3 Å². The molecule has 0 saturated carbocycles. The van der Waals surface area contributed by atoms with Crippen LogP contribution in [0.25, 0.3) is 0 Å². The number of benzene rings is 2. The van der Waals surface area contributed by atoms with Crippen LogP contribution in [0.5, 0.6) is 11.5 Å². The fraction of sp³-hybridized carbons (Fsp3) is 0.190. The van der Waals surface area contributed by atoms with Gasteiger partial charge in [-0.1, -0.05) is 29.0 Å². The molecule has 0 fully saturated rings. The van der Waals surface area contributed by atoms with Crippen LogP contribution in [-0.4, -0.2) is 39.9 Å². The van der Waals surface area contributed by atoms with Crippen LogP contribution in [0.1, 0.15) is 33.4 Å². The zero-order valence-corrected chi connectivity index (χ0v) is 17.8. The molecule has 0 unspecified atom stereocenters. The number of rotatable bonds is 8. The topological polar surface area (TPSA) is 126 Å². The summed E-state index contributed by atoms with van der Waals surface area (Å²) in [4.78, 5) is 24.3. The summed E-state index contributed by atoms with van der Waals surface area (Å²) >= 11 is 1.11. The summed E-state index contributed by atoms with van der Waals surface area (Å²) in [5.74, 6) is -0.311. The lowest BCUT2D eigenvalue weighted by molar-refractivity contribution is -0.120. The largest absolute Gasteiger partial charge is 0.504 e. The van der Waals surface area contributed by atoms with Gasteiger partial charge in [-0.25, -0.2) is 5.43 Å². The van der Waals surface area contributed by atoms with Gasteiger partial charge >= 0.3 is 0 Å². The van der Waals surface area contributed by atoms with Gasteiger partial charge in [0, 0.05) is 5.56 Å². The Morgan fingerprint density at radius 3 is 2.81 bits per heavy atom. The van der Waals surface area contributed by atoms with Crippen LogP contribution in [0.15, 0.2) is 47.6 Å². The minimum Gasteiger partial charge on any atom is -0.504 e. The van der Waals surface area contributed by atoms with Crippen molar-refractivity contribution in [3.8, 4) is 11.5 Å². The summed E-state index contributed by atoms with van der Waals surface area (Å²) in [7, 11) is 0. The van der Waals surface area contributed by atoms with Crippen LogP contribution >= 0.6 is 11.3 Å². The fourth-order valence-electron chi connectivity index (χ4n) is 2.58. The van der Waals surface area contributed by atoms with Crippen LogP contribution in [0, 0.1) is 6.92 Å². The SMILES string of the molecule is CCOc1ccc(/C=N\NC(=O)Cc2nnc(NC(=O)c3cccc(C)c3)s2)cc1O. The fourth-order valence-corrected chi connectivity index (χ4v) is 3.31. The molecule has 0 bridgehead atoms. The van der Waals surface area contributed by atoms with Gasteiger partial charge in [0.15, 0.2) is 11.5 Å². The smallest absolute Gasteiger partial charge is 0.257 e. The third-order valence-electron chi connectivity index (χ3n) is 3.97. The molecule has 0 aliphatic rings. The number of hydrogen-bond acceptors (Lipinski definition) is 8. The number of aromatic hydroxyl groups is 1. The first kappa shape index (κ1) is 21.9. The number of hydrazone groups is 1. The van der Waals surface area contributed by atoms with E-state index >= 15 is 0 Å². The maximum absolute atomic E-state index is 12.3. The first-order chi connectivity index (χ1) is 14.9. The Balaban J connectivity index is 1.51. The molecule has 0 radical (unpaired) electrons. The minimum absolute atomic E-state index is 0.00812. The van der Waals surface area contributed by atoms with E-state index < -0.39 is 0 Å². The first-order valence-electron chi connectivity index (χ1n) is 9.42. The Morgan fingerprint density at radius 1 is 1.23 bits per heavy atom. The number of carbonyl (C=O) groups excluding carboxylic acids is 2. The molecule has 3 rings (SSSR count). The number of nitrogens with zero attached hydrogens (tertiary/aromatic N) is 3. The summed E-state index contributed by atoms with van der Waals surface area (Å²) < 4.78 is 5.25. The lowest BCUT2D eigenvalue weighted by Gasteiger charge is -2.05. The van der Waals surface area contributed by atoms with Crippen molar-refractivity contribution in [3.05, 3.63) is 64.2 Å². The summed E-state index contributed by atoms with van der Waals surface area (Å²) in [5, 5.41) is 25.0. The van der Waals surface area contributed by atoms with E-state index in [0.29, 0.717) is 33.6 Å². The lowest BCUT2D eigenvalue weighted by atomic mass is 10.1. The zero-order valence-electron chi connectivity index (χ0n) is 17.0. The van der Waals surface area contributed by atoms with E-state index in [4.69, 9.17) is 4.74 Å². The molecule has 0 aliphatic carbocycles. The van der Waals surface area contributed by atoms with E-state index in [0.717, 1.165) is 16.9 Å². The average Bonchev–Trinajstić information content (AvgIpc) is 3.16. The Kier molecular flexibility index (Phi) is 7.28. The minimum atomic E-state index is -0.390. The second-order valence-electron chi connectivity index (χ2n) is 6.45. The predicted octanol–water partition coefficient (Wildman–Crippen LogP) is 2.90. The highest BCUT2D eigenvalue weighted by Crippen LogP contribution is 2.26. The number of ether oxygens (including phenoxy) is 1. The molecule has 10 heteroatoms. The molecule has 31 heavy (non-hydrogen) atoms. The van der Waals surface area contributed by atoms with E-state index in [-0.39, 0.29) is 24.0 Å². The number of aromatic nitrogens is 2. The number of phenols is 1. The third kappa shape index (κ3) is 6.34. The van der Waals surface area contributed by atoms with Gasteiger partial charge < -0.3 is 9.84 Å². The van der Waals surface area contributed by atoms with Crippen molar-refractivity contribution in [2.75, 3.05) is 11.9 Å². The predicted molar refractivity (Wildman–Crippen MR) is 118 cm³/mol. The van der Waals surface area contributed by atoms with Crippen molar-refractivity contribution in [3.63, 3.8) is 0 Å². The van der Waals surface area contributed by atoms with E-state index in [1.165, 1.54) is 12.3 Å². The third-order valence-corrected chi connectivity index (χ3v) is 4.80. The number of anilines is 1. The zero-order chi connectivity index (χ0) is 22.2. The molecule has 160 valence electrons. The molecule has 2 aromatic carbocycles. The molecule has 0 aliphatic heterocycles. The first-order valence-corrected chi connectivity index (χ1v) is 10.2. The molecule has 0 spiro atoms. The van der Waals surface area contributed by atoms with Gasteiger partial charge in [0.1, 0.15) is 5.01 Å². The van der Waals surface area contributed by atoms with Crippen LogP contribution < -0.4 is 15.5 Å². The van der Waals surface area contributed by atoms with Crippen LogP contribution in [0.2, 0.25) is 0 Å². The molecule has 0 atom stereocenters. The van der Waals surface area contributed by atoms with E-state index in [9.17, 15) is 14.7 Å². The summed E-state index contributed by atoms with van der Waals surface area (Å²) in [6.45, 7) is 4.17. The molecular weight excluding hydrogens is 418 g/mol. The van der Waals surface area contributed by atoms with Crippen LogP contribution in [0.4, 0.5) is 5.13 Å². The summed E-state index contributed by atoms with van der Waals surface area (Å²) in [6.07, 6.45) is 1.37. The summed E-state index contributed by atoms with van der Waals surface area (Å²) in [5.41, 5.74) is 4.48. The lowest BCUT2D eigenvalue weighted by Crippen LogP contribution is -2.19. The molecule has 1 heterocycles. The molecule has 9 nitrogen and oxygen atoms in total. The Morgan fingerprint density at radius 2 is 2.06 bits per heavy atom. The highest BCUT2D eigenvalue weighted by molar-refractivity contribution is 7.15. The van der Waals surface area contributed by atoms with Crippen LogP contribution in [0.3, 0.4) is 0 Å². The quantitative estimate of drug-likeness (QED) is 0.366. The van der Waals surface area contributed by atoms with Gasteiger partial charge in [-0.2, -0.15) is 5.10 Å². The van der Waals surface area contributed by atoms with Crippen molar-refractivity contribution < 1.29 is 19.4 Å². The number of phenolic OH excluding ortho intramolecular Hbond substituents is 1. The molecule has 3 aromatic rings. The second kappa shape index (κ2) is 10.3. The molecule has 1 aromatic heterocycles. The molecule has 2 amide bonds. The Hall–Kier alpha value is -3.79. The maximum atomic E-state index is 12.3. The molecule has 0 saturated heterocycles. The van der Waals surface area contributed by atoms with Gasteiger partial charge in [-0.15, -0.1) is 10.2 Å². The van der Waals surface area contributed by atoms with Crippen molar-refractivity contribution >= 4 is 34.5 Å².